The van der Waals surface area contributed by atoms with Crippen molar-refractivity contribution in [2.45, 2.75) is 70.6 Å². The van der Waals surface area contributed by atoms with E-state index >= 15 is 0 Å². The summed E-state index contributed by atoms with van der Waals surface area (Å²) in [4.78, 5) is 35.7. The number of hydrazine groups is 1. The van der Waals surface area contributed by atoms with Crippen LogP contribution in [-0.2, 0) is 14.3 Å². The molecule has 2 unspecified atom stereocenters. The van der Waals surface area contributed by atoms with Crippen molar-refractivity contribution in [3.05, 3.63) is 12.0 Å². The highest BCUT2D eigenvalue weighted by Crippen LogP contribution is 2.33. The second-order valence-electron chi connectivity index (χ2n) is 9.29. The first kappa shape index (κ1) is 23.4. The third kappa shape index (κ3) is 5.61. The first-order valence-corrected chi connectivity index (χ1v) is 12.2. The van der Waals surface area contributed by atoms with Crippen molar-refractivity contribution in [2.75, 3.05) is 32.8 Å². The van der Waals surface area contributed by atoms with Gasteiger partial charge in [0.15, 0.2) is 0 Å². The Morgan fingerprint density at radius 2 is 1.91 bits per heavy atom. The van der Waals surface area contributed by atoms with Crippen molar-refractivity contribution < 1.29 is 14.3 Å². The predicted molar refractivity (Wildman–Crippen MR) is 125 cm³/mol. The van der Waals surface area contributed by atoms with Gasteiger partial charge in [0.1, 0.15) is 25.4 Å². The van der Waals surface area contributed by atoms with Crippen LogP contribution in [0.25, 0.3) is 0 Å². The van der Waals surface area contributed by atoms with Gasteiger partial charge in [0.25, 0.3) is 5.91 Å². The summed E-state index contributed by atoms with van der Waals surface area (Å²) in [5.41, 5.74) is 6.88. The summed E-state index contributed by atoms with van der Waals surface area (Å²) < 4.78 is 5.48. The Morgan fingerprint density at radius 1 is 1.15 bits per heavy atom. The number of fused-ring (bicyclic) bond motifs is 2. The quantitative estimate of drug-likeness (QED) is 0.269. The molecule has 3 saturated heterocycles. The van der Waals surface area contributed by atoms with E-state index in [2.05, 4.69) is 44.4 Å². The van der Waals surface area contributed by atoms with Crippen molar-refractivity contribution in [3.8, 4) is 11.8 Å². The van der Waals surface area contributed by atoms with Gasteiger partial charge < -0.3 is 19.4 Å². The number of carbonyl (C=O) groups excluding carboxylic acids is 2. The number of nitrogens with zero attached hydrogens (tertiary/aromatic N) is 4. The van der Waals surface area contributed by atoms with Gasteiger partial charge in [-0.15, -0.1) is 0 Å². The van der Waals surface area contributed by atoms with E-state index in [0.29, 0.717) is 12.1 Å². The fourth-order valence-corrected chi connectivity index (χ4v) is 5.47. The van der Waals surface area contributed by atoms with Crippen LogP contribution in [0.2, 0.25) is 0 Å². The molecule has 4 aliphatic rings. The minimum atomic E-state index is -0.0637. The topological polar surface area (TPSA) is 89.5 Å². The summed E-state index contributed by atoms with van der Waals surface area (Å²) in [5.74, 6) is 5.30. The Bertz CT molecular complexity index is 829. The summed E-state index contributed by atoms with van der Waals surface area (Å²) in [6.45, 7) is 7.85. The number of amides is 2. The van der Waals surface area contributed by atoms with Gasteiger partial charge >= 0.3 is 0 Å². The van der Waals surface area contributed by atoms with E-state index in [1.165, 1.54) is 5.70 Å². The lowest BCUT2D eigenvalue weighted by Gasteiger charge is -2.41. The lowest BCUT2D eigenvalue weighted by Crippen LogP contribution is -2.51. The van der Waals surface area contributed by atoms with E-state index in [4.69, 9.17) is 4.74 Å². The standard InChI is InChI=1S/C24H36N6O3/c1-3-4-23(31)29-13-9-20(10-14-29)28-11-7-19(8-12-28)24(32)27-26-17-25-18(2)30-21-5-6-22(30)16-33-15-21/h15,17-20,22H,5-14,16H2,1-2H3,(H,25,26)(H,27,32). The van der Waals surface area contributed by atoms with Gasteiger partial charge in [-0.2, -0.15) is 0 Å². The second-order valence-corrected chi connectivity index (χ2v) is 9.29. The molecule has 33 heavy (non-hydrogen) atoms. The summed E-state index contributed by atoms with van der Waals surface area (Å²) in [5, 5.41) is 0. The van der Waals surface area contributed by atoms with Gasteiger partial charge in [-0.25, -0.2) is 4.99 Å². The van der Waals surface area contributed by atoms with Crippen molar-refractivity contribution >= 4 is 18.2 Å². The molecular formula is C24H36N6O3. The van der Waals surface area contributed by atoms with E-state index in [1.54, 1.807) is 13.3 Å². The third-order valence-corrected chi connectivity index (χ3v) is 7.32. The molecule has 2 atom stereocenters. The lowest BCUT2D eigenvalue weighted by molar-refractivity contribution is -0.129. The lowest BCUT2D eigenvalue weighted by atomic mass is 9.93. The van der Waals surface area contributed by atoms with E-state index in [0.717, 1.165) is 71.3 Å². The molecule has 0 saturated carbocycles. The van der Waals surface area contributed by atoms with Crippen LogP contribution < -0.4 is 10.9 Å². The minimum absolute atomic E-state index is 0.0102. The monoisotopic (exact) mass is 456 g/mol. The molecular weight excluding hydrogens is 420 g/mol. The number of carbonyl (C=O) groups is 2. The summed E-state index contributed by atoms with van der Waals surface area (Å²) in [7, 11) is 0. The molecule has 2 N–H and O–H groups in total. The van der Waals surface area contributed by atoms with Crippen molar-refractivity contribution in [1.82, 2.24) is 25.6 Å². The third-order valence-electron chi connectivity index (χ3n) is 7.32. The summed E-state index contributed by atoms with van der Waals surface area (Å²) >= 11 is 0. The number of hydrogen-bond acceptors (Lipinski definition) is 6. The van der Waals surface area contributed by atoms with Crippen LogP contribution in [0, 0.1) is 17.8 Å². The highest BCUT2D eigenvalue weighted by Gasteiger charge is 2.35. The van der Waals surface area contributed by atoms with Gasteiger partial charge in [-0.05, 0) is 71.4 Å². The zero-order valence-electron chi connectivity index (χ0n) is 19.8. The van der Waals surface area contributed by atoms with Gasteiger partial charge in [0.05, 0.1) is 11.7 Å². The van der Waals surface area contributed by atoms with Gasteiger partial charge in [-0.1, -0.05) is 5.92 Å². The number of likely N-dealkylation sites (tertiary alicyclic amines) is 2. The fourth-order valence-electron chi connectivity index (χ4n) is 5.47. The SMILES string of the molecule is CC#CC(=O)N1CCC(N2CCC(C(=O)NN/C=N\C(C)N3C4=COCC3CC4)CC2)CC1. The highest BCUT2D eigenvalue weighted by atomic mass is 16.5. The number of ether oxygens (including phenoxy) is 1. The zero-order valence-corrected chi connectivity index (χ0v) is 19.8. The Balaban J connectivity index is 1.14. The average molecular weight is 457 g/mol. The predicted octanol–water partition coefficient (Wildman–Crippen LogP) is 1.04. The Kier molecular flexibility index (Phi) is 7.76. The number of rotatable bonds is 6. The van der Waals surface area contributed by atoms with Crippen LogP contribution in [0.5, 0.6) is 0 Å². The van der Waals surface area contributed by atoms with Crippen LogP contribution in [0.15, 0.2) is 17.0 Å². The Morgan fingerprint density at radius 3 is 2.61 bits per heavy atom. The molecule has 0 spiro atoms. The number of hydrogen-bond donors (Lipinski definition) is 2. The molecule has 9 nitrogen and oxygen atoms in total. The zero-order chi connectivity index (χ0) is 23.2. The second kappa shape index (κ2) is 10.9. The van der Waals surface area contributed by atoms with Gasteiger partial charge in [-0.3, -0.25) is 20.4 Å². The molecule has 4 rings (SSSR count). The van der Waals surface area contributed by atoms with Crippen LogP contribution >= 0.6 is 0 Å². The number of allylic oxidation sites excluding steroid dienone is 1. The molecule has 180 valence electrons. The summed E-state index contributed by atoms with van der Waals surface area (Å²) in [6, 6.07) is 0.889. The first-order chi connectivity index (χ1) is 16.1. The molecule has 2 amide bonds. The average Bonchev–Trinajstić information content (AvgIpc) is 3.10. The van der Waals surface area contributed by atoms with Gasteiger partial charge in [0, 0.05) is 25.0 Å². The maximum absolute atomic E-state index is 12.6. The maximum Gasteiger partial charge on any atom is 0.298 e. The van der Waals surface area contributed by atoms with Crippen molar-refractivity contribution in [1.29, 1.82) is 0 Å². The number of aliphatic imine (C=N–C) groups is 1. The normalized spacial score (nSPS) is 25.2. The van der Waals surface area contributed by atoms with E-state index < -0.39 is 0 Å². The fraction of sp³-hybridized carbons (Fsp3) is 0.708. The van der Waals surface area contributed by atoms with E-state index in [1.807, 2.05) is 11.2 Å². The molecule has 2 bridgehead atoms. The van der Waals surface area contributed by atoms with Crippen LogP contribution in [0.3, 0.4) is 0 Å². The van der Waals surface area contributed by atoms with Crippen LogP contribution in [0.4, 0.5) is 0 Å². The Hall–Kier alpha value is -2.73. The molecule has 0 aliphatic carbocycles. The molecule has 0 aromatic rings. The van der Waals surface area contributed by atoms with Crippen molar-refractivity contribution in [2.24, 2.45) is 10.9 Å². The summed E-state index contributed by atoms with van der Waals surface area (Å²) in [6.07, 6.45) is 9.26. The molecule has 0 aromatic carbocycles. The van der Waals surface area contributed by atoms with Crippen molar-refractivity contribution in [3.63, 3.8) is 0 Å². The largest absolute Gasteiger partial charge is 0.497 e. The first-order valence-electron chi connectivity index (χ1n) is 12.2. The molecule has 4 heterocycles. The van der Waals surface area contributed by atoms with Gasteiger partial charge in [0.2, 0.25) is 5.91 Å². The highest BCUT2D eigenvalue weighted by molar-refractivity contribution is 5.93. The molecule has 4 aliphatic heterocycles. The Labute approximate surface area is 196 Å². The van der Waals surface area contributed by atoms with E-state index in [9.17, 15) is 9.59 Å². The molecule has 9 heteroatoms. The van der Waals surface area contributed by atoms with E-state index in [-0.39, 0.29) is 23.9 Å². The minimum Gasteiger partial charge on any atom is -0.497 e. The maximum atomic E-state index is 12.6. The molecule has 3 fully saturated rings. The number of piperidine rings is 2. The van der Waals surface area contributed by atoms with Crippen LogP contribution in [0.1, 0.15) is 52.4 Å². The van der Waals surface area contributed by atoms with Crippen LogP contribution in [-0.4, -0.2) is 83.9 Å². The molecule has 0 aromatic heterocycles. The number of nitrogens with one attached hydrogen (secondary N) is 2. The smallest absolute Gasteiger partial charge is 0.298 e. The molecule has 0 radical (unpaired) electrons.